The van der Waals surface area contributed by atoms with Crippen LogP contribution in [0.5, 0.6) is 0 Å². The number of nitrogens with one attached hydrogen (secondary N) is 2. The number of urea groups is 1. The van der Waals surface area contributed by atoms with Crippen molar-refractivity contribution in [1.82, 2.24) is 5.32 Å². The summed E-state index contributed by atoms with van der Waals surface area (Å²) in [5, 5.41) is 14.1. The zero-order valence-corrected chi connectivity index (χ0v) is 11.8. The Kier molecular flexibility index (Phi) is 5.07. The van der Waals surface area contributed by atoms with Crippen LogP contribution in [0.1, 0.15) is 25.8 Å². The van der Waals surface area contributed by atoms with Crippen molar-refractivity contribution < 1.29 is 19.1 Å². The lowest BCUT2D eigenvalue weighted by Crippen LogP contribution is -2.42. The number of rotatable bonds is 5. The summed E-state index contributed by atoms with van der Waals surface area (Å²) in [6.45, 7) is 4.85. The molecule has 3 N–H and O–H groups in total. The Labute approximate surface area is 117 Å². The first-order chi connectivity index (χ1) is 9.30. The average Bonchev–Trinajstić information content (AvgIpc) is 2.41. The minimum atomic E-state index is -1.02. The quantitative estimate of drug-likeness (QED) is 0.777. The SMILES string of the molecule is CCC(C)(CNC(=O)Nc1cccc(F)c1C)C(=O)O. The molecule has 1 atom stereocenters. The van der Waals surface area contributed by atoms with Gasteiger partial charge in [-0.25, -0.2) is 9.18 Å². The highest BCUT2D eigenvalue weighted by Crippen LogP contribution is 2.20. The Hall–Kier alpha value is -2.11. The van der Waals surface area contributed by atoms with E-state index in [0.29, 0.717) is 17.7 Å². The van der Waals surface area contributed by atoms with Gasteiger partial charge in [0.05, 0.1) is 5.41 Å². The summed E-state index contributed by atoms with van der Waals surface area (Å²) in [6.07, 6.45) is 0.390. The number of hydrogen-bond acceptors (Lipinski definition) is 2. The van der Waals surface area contributed by atoms with Crippen LogP contribution in [-0.4, -0.2) is 23.7 Å². The van der Waals surface area contributed by atoms with Crippen LogP contribution in [-0.2, 0) is 4.79 Å². The van der Waals surface area contributed by atoms with Crippen molar-refractivity contribution in [2.45, 2.75) is 27.2 Å². The number of carbonyl (C=O) groups excluding carboxylic acids is 1. The molecule has 0 saturated carbocycles. The van der Waals surface area contributed by atoms with E-state index in [1.54, 1.807) is 26.8 Å². The van der Waals surface area contributed by atoms with Crippen LogP contribution in [0.3, 0.4) is 0 Å². The molecule has 6 heteroatoms. The van der Waals surface area contributed by atoms with Gasteiger partial charge in [-0.05, 0) is 32.4 Å². The topological polar surface area (TPSA) is 78.4 Å². The predicted molar refractivity (Wildman–Crippen MR) is 74.2 cm³/mol. The molecule has 0 saturated heterocycles. The Morgan fingerprint density at radius 1 is 1.40 bits per heavy atom. The van der Waals surface area contributed by atoms with Gasteiger partial charge in [-0.3, -0.25) is 4.79 Å². The molecular formula is C14H19FN2O3. The van der Waals surface area contributed by atoms with E-state index in [1.807, 2.05) is 0 Å². The Bertz CT molecular complexity index is 519. The van der Waals surface area contributed by atoms with Gasteiger partial charge >= 0.3 is 12.0 Å². The van der Waals surface area contributed by atoms with Gasteiger partial charge in [-0.1, -0.05) is 13.0 Å². The van der Waals surface area contributed by atoms with Gasteiger partial charge in [-0.2, -0.15) is 0 Å². The maximum atomic E-state index is 13.3. The first-order valence-corrected chi connectivity index (χ1v) is 6.33. The monoisotopic (exact) mass is 282 g/mol. The van der Waals surface area contributed by atoms with Crippen molar-refractivity contribution in [2.75, 3.05) is 11.9 Å². The van der Waals surface area contributed by atoms with Gasteiger partial charge in [0, 0.05) is 17.8 Å². The fourth-order valence-electron chi connectivity index (χ4n) is 1.54. The lowest BCUT2D eigenvalue weighted by atomic mass is 9.88. The lowest BCUT2D eigenvalue weighted by molar-refractivity contribution is -0.147. The van der Waals surface area contributed by atoms with Crippen molar-refractivity contribution in [2.24, 2.45) is 5.41 Å². The molecule has 1 rings (SSSR count). The van der Waals surface area contributed by atoms with E-state index >= 15 is 0 Å². The Morgan fingerprint density at radius 3 is 2.60 bits per heavy atom. The van der Waals surface area contributed by atoms with E-state index in [4.69, 9.17) is 5.11 Å². The highest BCUT2D eigenvalue weighted by Gasteiger charge is 2.31. The Morgan fingerprint density at radius 2 is 2.05 bits per heavy atom. The fourth-order valence-corrected chi connectivity index (χ4v) is 1.54. The van der Waals surface area contributed by atoms with Gasteiger partial charge in [0.25, 0.3) is 0 Å². The van der Waals surface area contributed by atoms with Crippen LogP contribution >= 0.6 is 0 Å². The first kappa shape index (κ1) is 15.9. The number of carboxylic acid groups (broad SMARTS) is 1. The van der Waals surface area contributed by atoms with Gasteiger partial charge in [-0.15, -0.1) is 0 Å². The van der Waals surface area contributed by atoms with Crippen LogP contribution in [0, 0.1) is 18.2 Å². The molecule has 1 unspecified atom stereocenters. The summed E-state index contributed by atoms with van der Waals surface area (Å²) in [4.78, 5) is 22.8. The molecule has 0 spiro atoms. The van der Waals surface area contributed by atoms with Crippen molar-refractivity contribution in [3.05, 3.63) is 29.6 Å². The lowest BCUT2D eigenvalue weighted by Gasteiger charge is -2.23. The average molecular weight is 282 g/mol. The molecule has 20 heavy (non-hydrogen) atoms. The molecule has 0 aliphatic heterocycles. The van der Waals surface area contributed by atoms with Crippen molar-refractivity contribution >= 4 is 17.7 Å². The molecule has 2 amide bonds. The molecule has 110 valence electrons. The summed E-state index contributed by atoms with van der Waals surface area (Å²) in [7, 11) is 0. The minimum absolute atomic E-state index is 0.000962. The van der Waals surface area contributed by atoms with E-state index in [-0.39, 0.29) is 6.54 Å². The van der Waals surface area contributed by atoms with E-state index in [9.17, 15) is 14.0 Å². The molecule has 0 heterocycles. The molecule has 1 aromatic rings. The van der Waals surface area contributed by atoms with Crippen LogP contribution < -0.4 is 10.6 Å². The standard InChI is InChI=1S/C14H19FN2O3/c1-4-14(3,12(18)19)8-16-13(20)17-11-7-5-6-10(15)9(11)2/h5-7H,4,8H2,1-3H3,(H,18,19)(H2,16,17,20). The van der Waals surface area contributed by atoms with Crippen molar-refractivity contribution in [1.29, 1.82) is 0 Å². The van der Waals surface area contributed by atoms with Gasteiger partial charge in [0.2, 0.25) is 0 Å². The number of carbonyl (C=O) groups is 2. The van der Waals surface area contributed by atoms with E-state index in [1.165, 1.54) is 12.1 Å². The van der Waals surface area contributed by atoms with E-state index < -0.39 is 23.2 Å². The number of hydrogen-bond donors (Lipinski definition) is 3. The predicted octanol–water partition coefficient (Wildman–Crippen LogP) is 2.76. The number of aliphatic carboxylic acids is 1. The maximum Gasteiger partial charge on any atom is 0.319 e. The third kappa shape index (κ3) is 3.69. The van der Waals surface area contributed by atoms with Crippen LogP contribution in [0.25, 0.3) is 0 Å². The highest BCUT2D eigenvalue weighted by atomic mass is 19.1. The Balaban J connectivity index is 2.65. The van der Waals surface area contributed by atoms with E-state index in [0.717, 1.165) is 0 Å². The van der Waals surface area contributed by atoms with Crippen LogP contribution in [0.4, 0.5) is 14.9 Å². The highest BCUT2D eigenvalue weighted by molar-refractivity contribution is 5.90. The smallest absolute Gasteiger partial charge is 0.319 e. The minimum Gasteiger partial charge on any atom is -0.481 e. The second-order valence-corrected chi connectivity index (χ2v) is 4.94. The molecule has 0 aliphatic carbocycles. The number of anilines is 1. The first-order valence-electron chi connectivity index (χ1n) is 6.33. The van der Waals surface area contributed by atoms with Crippen molar-refractivity contribution in [3.63, 3.8) is 0 Å². The summed E-state index contributed by atoms with van der Waals surface area (Å²) < 4.78 is 13.3. The number of halogens is 1. The third-order valence-electron chi connectivity index (χ3n) is 3.45. The zero-order chi connectivity index (χ0) is 15.3. The number of benzene rings is 1. The van der Waals surface area contributed by atoms with Crippen molar-refractivity contribution in [3.8, 4) is 0 Å². The number of amides is 2. The maximum absolute atomic E-state index is 13.3. The van der Waals surface area contributed by atoms with Gasteiger partial charge in [0.15, 0.2) is 0 Å². The summed E-state index contributed by atoms with van der Waals surface area (Å²) in [6, 6.07) is 3.82. The fraction of sp³-hybridized carbons (Fsp3) is 0.429. The molecule has 0 radical (unpaired) electrons. The number of carboxylic acids is 1. The molecule has 5 nitrogen and oxygen atoms in total. The molecule has 0 fully saturated rings. The van der Waals surface area contributed by atoms with Crippen LogP contribution in [0.2, 0.25) is 0 Å². The zero-order valence-electron chi connectivity index (χ0n) is 11.8. The normalized spacial score (nSPS) is 13.4. The summed E-state index contributed by atoms with van der Waals surface area (Å²) in [5.74, 6) is -1.38. The summed E-state index contributed by atoms with van der Waals surface area (Å²) >= 11 is 0. The third-order valence-corrected chi connectivity index (χ3v) is 3.45. The molecule has 0 aromatic heterocycles. The molecule has 1 aromatic carbocycles. The molecule has 0 bridgehead atoms. The molecular weight excluding hydrogens is 263 g/mol. The molecule has 0 aliphatic rings. The second kappa shape index (κ2) is 6.36. The van der Waals surface area contributed by atoms with E-state index in [2.05, 4.69) is 10.6 Å². The van der Waals surface area contributed by atoms with Gasteiger partial charge in [0.1, 0.15) is 5.82 Å². The largest absolute Gasteiger partial charge is 0.481 e. The van der Waals surface area contributed by atoms with Crippen LogP contribution in [0.15, 0.2) is 18.2 Å². The van der Waals surface area contributed by atoms with Gasteiger partial charge < -0.3 is 15.7 Å². The second-order valence-electron chi connectivity index (χ2n) is 4.94. The summed E-state index contributed by atoms with van der Waals surface area (Å²) in [5.41, 5.74) is -0.330.